The van der Waals surface area contributed by atoms with E-state index in [4.69, 9.17) is 0 Å². The van der Waals surface area contributed by atoms with E-state index in [1.165, 1.54) is 6.20 Å². The van der Waals surface area contributed by atoms with Crippen LogP contribution < -0.4 is 0 Å². The van der Waals surface area contributed by atoms with Crippen molar-refractivity contribution in [3.05, 3.63) is 40.6 Å². The number of aromatic nitrogens is 3. The highest BCUT2D eigenvalue weighted by atomic mass is 19.1. The number of nitrogens with zero attached hydrogens (tertiary/aromatic N) is 3. The van der Waals surface area contributed by atoms with Gasteiger partial charge in [0.25, 0.3) is 0 Å². The van der Waals surface area contributed by atoms with E-state index in [2.05, 4.69) is 15.2 Å². The van der Waals surface area contributed by atoms with E-state index in [1.807, 2.05) is 0 Å². The Hall–Kier alpha value is -2.31. The molecule has 1 N–H and O–H groups in total. The summed E-state index contributed by atoms with van der Waals surface area (Å²) in [6.45, 7) is 0. The minimum Gasteiger partial charge on any atom is -0.271 e. The van der Waals surface area contributed by atoms with Gasteiger partial charge in [-0.15, -0.1) is 0 Å². The molecule has 2 aromatic heterocycles. The average Bonchev–Trinajstić information content (AvgIpc) is 2.65. The first-order valence-electron chi connectivity index (χ1n) is 3.97. The van der Waals surface area contributed by atoms with Crippen LogP contribution in [0.4, 0.5) is 10.1 Å². The van der Waals surface area contributed by atoms with Crippen molar-refractivity contribution in [1.29, 1.82) is 0 Å². The lowest BCUT2D eigenvalue weighted by Crippen LogP contribution is -1.90. The van der Waals surface area contributed by atoms with Gasteiger partial charge in [0, 0.05) is 11.8 Å². The predicted octanol–water partition coefficient (Wildman–Crippen LogP) is 1.52. The molecule has 0 aliphatic carbocycles. The van der Waals surface area contributed by atoms with E-state index in [9.17, 15) is 14.5 Å². The highest BCUT2D eigenvalue weighted by Gasteiger charge is 2.17. The average molecular weight is 208 g/mol. The highest BCUT2D eigenvalue weighted by Crippen LogP contribution is 2.26. The Kier molecular flexibility index (Phi) is 2.13. The maximum atomic E-state index is 12.8. The van der Waals surface area contributed by atoms with Gasteiger partial charge >= 0.3 is 5.69 Å². The summed E-state index contributed by atoms with van der Waals surface area (Å²) in [5, 5.41) is 16.5. The van der Waals surface area contributed by atoms with Gasteiger partial charge in [-0.3, -0.25) is 20.2 Å². The molecular weight excluding hydrogens is 203 g/mol. The molecule has 0 aromatic carbocycles. The second-order valence-electron chi connectivity index (χ2n) is 2.78. The van der Waals surface area contributed by atoms with Crippen LogP contribution in [0.3, 0.4) is 0 Å². The normalized spacial score (nSPS) is 10.2. The standard InChI is InChI=1S/C8H5FN4O2/c9-6-1-5(2-10-3-6)8-7(13(14)15)4-11-12-8/h1-4H,(H,11,12). The quantitative estimate of drug-likeness (QED) is 0.598. The molecule has 2 heterocycles. The molecular formula is C8H5FN4O2. The van der Waals surface area contributed by atoms with Crippen molar-refractivity contribution in [2.75, 3.05) is 0 Å². The first-order valence-corrected chi connectivity index (χ1v) is 3.97. The lowest BCUT2D eigenvalue weighted by Gasteiger charge is -1.96. The number of hydrogen-bond donors (Lipinski definition) is 1. The number of hydrogen-bond acceptors (Lipinski definition) is 4. The summed E-state index contributed by atoms with van der Waals surface area (Å²) in [4.78, 5) is 13.6. The second-order valence-corrected chi connectivity index (χ2v) is 2.78. The maximum Gasteiger partial charge on any atom is 0.314 e. The number of nitro groups is 1. The lowest BCUT2D eigenvalue weighted by molar-refractivity contribution is -0.384. The monoisotopic (exact) mass is 208 g/mol. The van der Waals surface area contributed by atoms with Crippen LogP contribution in [0.1, 0.15) is 0 Å². The number of pyridine rings is 1. The van der Waals surface area contributed by atoms with Gasteiger partial charge in [-0.2, -0.15) is 5.10 Å². The first kappa shape index (κ1) is 9.25. The molecule has 7 heteroatoms. The Balaban J connectivity index is 2.54. The van der Waals surface area contributed by atoms with Gasteiger partial charge in [0.15, 0.2) is 0 Å². The van der Waals surface area contributed by atoms with Gasteiger partial charge in [0.1, 0.15) is 17.7 Å². The summed E-state index contributed by atoms with van der Waals surface area (Å²) in [7, 11) is 0. The van der Waals surface area contributed by atoms with Gasteiger partial charge in [-0.1, -0.05) is 0 Å². The van der Waals surface area contributed by atoms with E-state index in [1.54, 1.807) is 0 Å². The number of nitrogens with one attached hydrogen (secondary N) is 1. The number of aromatic amines is 1. The third kappa shape index (κ3) is 1.66. The molecule has 0 saturated carbocycles. The fraction of sp³-hybridized carbons (Fsp3) is 0. The fourth-order valence-electron chi connectivity index (χ4n) is 1.18. The van der Waals surface area contributed by atoms with E-state index >= 15 is 0 Å². The summed E-state index contributed by atoms with van der Waals surface area (Å²) in [6.07, 6.45) is 3.41. The molecule has 0 amide bonds. The zero-order chi connectivity index (χ0) is 10.8. The van der Waals surface area contributed by atoms with Crippen LogP contribution in [0.5, 0.6) is 0 Å². The lowest BCUT2D eigenvalue weighted by atomic mass is 10.2. The molecule has 0 aliphatic heterocycles. The molecule has 6 nitrogen and oxygen atoms in total. The van der Waals surface area contributed by atoms with E-state index < -0.39 is 10.7 Å². The van der Waals surface area contributed by atoms with Gasteiger partial charge in [-0.05, 0) is 6.07 Å². The molecule has 2 rings (SSSR count). The van der Waals surface area contributed by atoms with E-state index in [0.29, 0.717) is 5.56 Å². The van der Waals surface area contributed by atoms with Crippen molar-refractivity contribution in [1.82, 2.24) is 15.2 Å². The molecule has 0 bridgehead atoms. The minimum absolute atomic E-state index is 0.145. The molecule has 15 heavy (non-hydrogen) atoms. The maximum absolute atomic E-state index is 12.8. The topological polar surface area (TPSA) is 84.7 Å². The Morgan fingerprint density at radius 3 is 2.87 bits per heavy atom. The summed E-state index contributed by atoms with van der Waals surface area (Å²) < 4.78 is 12.8. The Bertz CT molecular complexity index is 511. The molecule has 0 radical (unpaired) electrons. The molecule has 0 aliphatic rings. The van der Waals surface area contributed by atoms with Crippen LogP contribution in [-0.4, -0.2) is 20.1 Å². The van der Waals surface area contributed by atoms with Crippen molar-refractivity contribution in [2.24, 2.45) is 0 Å². The highest BCUT2D eigenvalue weighted by molar-refractivity contribution is 5.67. The summed E-state index contributed by atoms with van der Waals surface area (Å²) in [5.41, 5.74) is 0.230. The number of halogens is 1. The smallest absolute Gasteiger partial charge is 0.271 e. The van der Waals surface area contributed by atoms with Crippen LogP contribution in [0.25, 0.3) is 11.3 Å². The van der Waals surface area contributed by atoms with Crippen LogP contribution >= 0.6 is 0 Å². The number of H-pyrrole nitrogens is 1. The van der Waals surface area contributed by atoms with Crippen molar-refractivity contribution in [3.63, 3.8) is 0 Å². The van der Waals surface area contributed by atoms with Crippen molar-refractivity contribution < 1.29 is 9.31 Å². The molecule has 0 fully saturated rings. The van der Waals surface area contributed by atoms with Crippen LogP contribution in [0.15, 0.2) is 24.7 Å². The summed E-state index contributed by atoms with van der Waals surface area (Å²) in [6, 6.07) is 1.15. The van der Waals surface area contributed by atoms with Crippen molar-refractivity contribution in [3.8, 4) is 11.3 Å². The second kappa shape index (κ2) is 3.45. The molecule has 2 aromatic rings. The summed E-state index contributed by atoms with van der Waals surface area (Å²) >= 11 is 0. The molecule has 0 atom stereocenters. The molecule has 76 valence electrons. The Morgan fingerprint density at radius 2 is 2.20 bits per heavy atom. The van der Waals surface area contributed by atoms with Crippen LogP contribution in [-0.2, 0) is 0 Å². The first-order chi connectivity index (χ1) is 7.18. The van der Waals surface area contributed by atoms with E-state index in [-0.39, 0.29) is 11.4 Å². The van der Waals surface area contributed by atoms with Gasteiger partial charge in [0.05, 0.1) is 11.1 Å². The Labute approximate surface area is 82.9 Å². The van der Waals surface area contributed by atoms with Gasteiger partial charge < -0.3 is 0 Å². The number of rotatable bonds is 2. The molecule has 0 unspecified atom stereocenters. The zero-order valence-corrected chi connectivity index (χ0v) is 7.35. The Morgan fingerprint density at radius 1 is 1.40 bits per heavy atom. The van der Waals surface area contributed by atoms with Gasteiger partial charge in [-0.25, -0.2) is 4.39 Å². The van der Waals surface area contributed by atoms with Crippen molar-refractivity contribution in [2.45, 2.75) is 0 Å². The SMILES string of the molecule is O=[N+]([O-])c1cn[nH]c1-c1cncc(F)c1. The predicted molar refractivity (Wildman–Crippen MR) is 48.4 cm³/mol. The largest absolute Gasteiger partial charge is 0.314 e. The fourth-order valence-corrected chi connectivity index (χ4v) is 1.18. The molecule has 0 spiro atoms. The van der Waals surface area contributed by atoms with Gasteiger partial charge in [0.2, 0.25) is 0 Å². The van der Waals surface area contributed by atoms with Crippen molar-refractivity contribution >= 4 is 5.69 Å². The van der Waals surface area contributed by atoms with Crippen LogP contribution in [0, 0.1) is 15.9 Å². The third-order valence-electron chi connectivity index (χ3n) is 1.81. The third-order valence-corrected chi connectivity index (χ3v) is 1.81. The summed E-state index contributed by atoms with van der Waals surface area (Å²) in [5.74, 6) is -0.559. The molecule has 0 saturated heterocycles. The van der Waals surface area contributed by atoms with E-state index in [0.717, 1.165) is 18.5 Å². The zero-order valence-electron chi connectivity index (χ0n) is 7.35. The van der Waals surface area contributed by atoms with Crippen LogP contribution in [0.2, 0.25) is 0 Å². The minimum atomic E-state index is -0.594.